The van der Waals surface area contributed by atoms with Gasteiger partial charge in [0.25, 0.3) is 0 Å². The van der Waals surface area contributed by atoms with Crippen molar-refractivity contribution < 1.29 is 106 Å². The Bertz CT molecular complexity index is 764. The van der Waals surface area contributed by atoms with Gasteiger partial charge in [0.05, 0.1) is 38.4 Å². The number of hydrogen-bond acceptors (Lipinski definition) is 11. The van der Waals surface area contributed by atoms with E-state index in [0.29, 0.717) is 13.2 Å². The first-order valence-corrected chi connectivity index (χ1v) is 9.90. The molecule has 178 valence electrons. The summed E-state index contributed by atoms with van der Waals surface area (Å²) in [4.78, 5) is 0. The van der Waals surface area contributed by atoms with E-state index in [1.807, 2.05) is 0 Å². The van der Waals surface area contributed by atoms with Gasteiger partial charge in [-0.15, -0.1) is 0 Å². The number of fused-ring (bicyclic) bond motifs is 2. The monoisotopic (exact) mass is 514 g/mol. The Hall–Kier alpha value is 0.0764. The van der Waals surface area contributed by atoms with Crippen molar-refractivity contribution in [1.82, 2.24) is 0 Å². The Labute approximate surface area is 225 Å². The molecule has 2 N–H and O–H groups in total. The third-order valence-electron chi connectivity index (χ3n) is 4.71. The zero-order valence-corrected chi connectivity index (χ0v) is 20.1. The Balaban J connectivity index is 0.000000559. The van der Waals surface area contributed by atoms with Crippen LogP contribution in [0.25, 0.3) is 0 Å². The van der Waals surface area contributed by atoms with Gasteiger partial charge in [-0.1, -0.05) is 7.43 Å². The zero-order chi connectivity index (χ0) is 22.7. The fourth-order valence-electron chi connectivity index (χ4n) is 3.33. The molecular formula is C16H22F3KN2O9S. The first kappa shape index (κ1) is 32.1. The molecule has 0 bridgehead atoms. The molecule has 11 nitrogen and oxygen atoms in total. The van der Waals surface area contributed by atoms with Crippen molar-refractivity contribution >= 4 is 10.1 Å². The van der Waals surface area contributed by atoms with Crippen LogP contribution in [0.1, 0.15) is 7.43 Å². The van der Waals surface area contributed by atoms with Gasteiger partial charge in [-0.25, -0.2) is 0 Å². The molecule has 4 aliphatic heterocycles. The Kier molecular flexibility index (Phi) is 13.3. The Morgan fingerprint density at radius 2 is 1.34 bits per heavy atom. The van der Waals surface area contributed by atoms with E-state index in [4.69, 9.17) is 36.0 Å². The molecule has 4 heterocycles. The molecule has 4 aliphatic rings. The van der Waals surface area contributed by atoms with Crippen molar-refractivity contribution in [2.45, 2.75) is 55.7 Å². The summed E-state index contributed by atoms with van der Waals surface area (Å²) in [6.45, 7) is 4.94. The Morgan fingerprint density at radius 1 is 0.906 bits per heavy atom. The normalized spacial score (nSPS) is 37.2. The van der Waals surface area contributed by atoms with Crippen molar-refractivity contribution in [2.24, 2.45) is 5.92 Å². The molecule has 32 heavy (non-hydrogen) atoms. The number of aliphatic hydroxyl groups excluding tert-OH is 2. The maximum absolute atomic E-state index is 12.1. The van der Waals surface area contributed by atoms with Crippen LogP contribution in [0.3, 0.4) is 0 Å². The summed E-state index contributed by atoms with van der Waals surface area (Å²) >= 11 is 0. The summed E-state index contributed by atoms with van der Waals surface area (Å²) in [7, 11) is -5.68. The summed E-state index contributed by atoms with van der Waals surface area (Å²) < 4.78 is 82.0. The quantitative estimate of drug-likeness (QED) is 0.162. The summed E-state index contributed by atoms with van der Waals surface area (Å²) in [5, 5.41) is 33.4. The van der Waals surface area contributed by atoms with Gasteiger partial charge in [-0.05, 0) is 0 Å². The average Bonchev–Trinajstić information content (AvgIpc) is 3.43. The topological polar surface area (TPSA) is 168 Å². The molecule has 4 rings (SSSR count). The molecular weight excluding hydrogens is 492 g/mol. The van der Waals surface area contributed by atoms with E-state index in [-0.39, 0.29) is 90.2 Å². The molecule has 4 fully saturated rings. The van der Waals surface area contributed by atoms with Crippen LogP contribution in [-0.2, 0) is 33.2 Å². The van der Waals surface area contributed by atoms with Crippen molar-refractivity contribution in [3.05, 3.63) is 6.57 Å². The molecule has 0 unspecified atom stereocenters. The van der Waals surface area contributed by atoms with Crippen LogP contribution < -0.4 is 51.4 Å². The molecule has 0 aromatic carbocycles. The largest absolute Gasteiger partial charge is 1.00 e. The van der Waals surface area contributed by atoms with E-state index in [9.17, 15) is 31.8 Å². The first-order valence-electron chi connectivity index (χ1n) is 8.49. The molecule has 0 aliphatic carbocycles. The number of nitrogens with zero attached hydrogens (tertiary/aromatic N) is 2. The summed E-state index contributed by atoms with van der Waals surface area (Å²) in [6, 6.07) is 2.09. The minimum Gasteiger partial charge on any atom is -0.512 e. The molecule has 0 aromatic heterocycles. The van der Waals surface area contributed by atoms with Crippen LogP contribution in [0.5, 0.6) is 0 Å². The zero-order valence-electron chi connectivity index (χ0n) is 16.1. The van der Waals surface area contributed by atoms with Gasteiger partial charge in [0.2, 0.25) is 0 Å². The van der Waals surface area contributed by atoms with Crippen molar-refractivity contribution in [3.63, 3.8) is 0 Å². The van der Waals surface area contributed by atoms with Crippen LogP contribution >= 0.6 is 0 Å². The van der Waals surface area contributed by atoms with Gasteiger partial charge in [-0.3, -0.25) is 4.18 Å². The molecule has 0 saturated carbocycles. The van der Waals surface area contributed by atoms with Gasteiger partial charge in [0.1, 0.15) is 42.7 Å². The number of halogens is 3. The molecule has 16 heteroatoms. The average molecular weight is 515 g/mol. The van der Waals surface area contributed by atoms with Gasteiger partial charge in [-0.2, -0.15) is 26.9 Å². The number of nitriles is 1. The third-order valence-corrected chi connectivity index (χ3v) is 5.78. The minimum absolute atomic E-state index is 0. The second-order valence-electron chi connectivity index (χ2n) is 6.60. The Morgan fingerprint density at radius 3 is 1.84 bits per heavy atom. The van der Waals surface area contributed by atoms with Gasteiger partial charge < -0.3 is 41.0 Å². The summed E-state index contributed by atoms with van der Waals surface area (Å²) in [5.74, 6) is -0.197. The molecule has 0 amide bonds. The van der Waals surface area contributed by atoms with E-state index in [1.54, 1.807) is 0 Å². The minimum atomic E-state index is -5.68. The van der Waals surface area contributed by atoms with E-state index < -0.39 is 46.1 Å². The summed E-state index contributed by atoms with van der Waals surface area (Å²) in [6.07, 6.45) is -5.22. The van der Waals surface area contributed by atoms with Crippen LogP contribution in [0.4, 0.5) is 13.2 Å². The number of rotatable bonds is 2. The van der Waals surface area contributed by atoms with Gasteiger partial charge in [0.15, 0.2) is 0 Å². The van der Waals surface area contributed by atoms with Gasteiger partial charge in [0, 0.05) is 0 Å². The predicted octanol–water partition coefficient (Wildman–Crippen LogP) is -3.60. The second kappa shape index (κ2) is 13.2. The number of alkyl halides is 3. The second-order valence-corrected chi connectivity index (χ2v) is 8.16. The van der Waals surface area contributed by atoms with Crippen LogP contribution in [0.15, 0.2) is 0 Å². The van der Waals surface area contributed by atoms with Gasteiger partial charge >= 0.3 is 67.0 Å². The summed E-state index contributed by atoms with van der Waals surface area (Å²) in [5.41, 5.74) is -5.48. The molecule has 8 atom stereocenters. The molecule has 0 aromatic rings. The first-order chi connectivity index (χ1) is 14.0. The molecule has 4 saturated heterocycles. The van der Waals surface area contributed by atoms with Crippen LogP contribution in [0.2, 0.25) is 0 Å². The smallest absolute Gasteiger partial charge is 0.512 e. The van der Waals surface area contributed by atoms with E-state index in [1.165, 1.54) is 0 Å². The van der Waals surface area contributed by atoms with Crippen LogP contribution in [0, 0.1) is 29.1 Å². The van der Waals surface area contributed by atoms with E-state index in [2.05, 4.69) is 10.3 Å². The SMILES string of the molecule is C.N#C[C@@H]1CO[C@H]2[C@@H]1OC[C@@H]2O.O=S(=O)(O[C@H]1CO[C@H]2[C@@H]1OC[C@@H]2O)C(F)(F)F.[C-]#N.[K+]. The van der Waals surface area contributed by atoms with E-state index >= 15 is 0 Å². The fourth-order valence-corrected chi connectivity index (χ4v) is 3.93. The number of hydrogen-bond donors (Lipinski definition) is 2. The standard InChI is InChI=1S/C7H9F3O6S.C7H9NO3.CN.CH4.K/c8-7(9,10)17(12,13)16-4-2-15-5-3(11)1-14-6(4)5;8-1-4-2-10-7-5(9)3-11-6(4)7;1-2;;/h3-6,11H,1-2H2;4-7,9H,2-3H2;;1H4;/q;;-1;;+1/t3-,4-,5+,6+;4-,5+,6-,7-;;;/m01.../s1. The predicted molar refractivity (Wildman–Crippen MR) is 91.6 cm³/mol. The number of aliphatic hydroxyl groups is 2. The third kappa shape index (κ3) is 7.05. The maximum Gasteiger partial charge on any atom is 1.00 e. The number of ether oxygens (including phenoxy) is 4. The van der Waals surface area contributed by atoms with E-state index in [0.717, 1.165) is 0 Å². The maximum atomic E-state index is 12.1. The van der Waals surface area contributed by atoms with Crippen LogP contribution in [-0.4, -0.2) is 93.3 Å². The molecule has 0 spiro atoms. The van der Waals surface area contributed by atoms with Crippen molar-refractivity contribution in [1.29, 1.82) is 10.5 Å². The molecule has 0 radical (unpaired) electrons. The van der Waals surface area contributed by atoms with Crippen molar-refractivity contribution in [2.75, 3.05) is 26.4 Å². The fraction of sp³-hybridized carbons (Fsp3) is 0.875. The van der Waals surface area contributed by atoms with Crippen molar-refractivity contribution in [3.8, 4) is 6.07 Å².